The Hall–Kier alpha value is -0.0800. The number of hydrogen-bond acceptors (Lipinski definition) is 2. The van der Waals surface area contributed by atoms with E-state index in [9.17, 15) is 0 Å². The minimum Gasteiger partial charge on any atom is -0.385 e. The molecule has 0 aromatic rings. The molecule has 92 valence electrons. The molecule has 0 aliphatic heterocycles. The lowest BCUT2D eigenvalue weighted by atomic mass is 10.1. The fourth-order valence-electron chi connectivity index (χ4n) is 1.76. The molecule has 2 heteroatoms. The summed E-state index contributed by atoms with van der Waals surface area (Å²) in [4.78, 5) is 0. The van der Waals surface area contributed by atoms with Crippen molar-refractivity contribution in [2.24, 2.45) is 0 Å². The summed E-state index contributed by atoms with van der Waals surface area (Å²) in [7, 11) is 1.77. The highest BCUT2D eigenvalue weighted by atomic mass is 16.5. The normalized spacial score (nSPS) is 13.0. The van der Waals surface area contributed by atoms with Gasteiger partial charge in [0.1, 0.15) is 0 Å². The van der Waals surface area contributed by atoms with Crippen LogP contribution in [0, 0.1) is 0 Å². The van der Waals surface area contributed by atoms with Crippen molar-refractivity contribution in [2.45, 2.75) is 64.8 Å². The highest BCUT2D eigenvalue weighted by molar-refractivity contribution is 4.64. The van der Waals surface area contributed by atoms with E-state index < -0.39 is 0 Å². The van der Waals surface area contributed by atoms with E-state index in [1.807, 2.05) is 0 Å². The fraction of sp³-hybridized carbons (Fsp3) is 1.00. The number of hydrogen-bond donors (Lipinski definition) is 1. The molecule has 0 spiro atoms. The van der Waals surface area contributed by atoms with Gasteiger partial charge in [-0.3, -0.25) is 0 Å². The Morgan fingerprint density at radius 2 is 1.87 bits per heavy atom. The fourth-order valence-corrected chi connectivity index (χ4v) is 1.76. The first-order chi connectivity index (χ1) is 7.35. The summed E-state index contributed by atoms with van der Waals surface area (Å²) in [5.41, 5.74) is 0. The van der Waals surface area contributed by atoms with Gasteiger partial charge in [0.15, 0.2) is 0 Å². The predicted molar refractivity (Wildman–Crippen MR) is 67.3 cm³/mol. The third-order valence-electron chi connectivity index (χ3n) is 2.86. The van der Waals surface area contributed by atoms with Crippen molar-refractivity contribution in [1.82, 2.24) is 5.32 Å². The lowest BCUT2D eigenvalue weighted by molar-refractivity contribution is 0.192. The van der Waals surface area contributed by atoms with Crippen LogP contribution < -0.4 is 5.32 Å². The molecular formula is C13H29NO. The van der Waals surface area contributed by atoms with E-state index >= 15 is 0 Å². The van der Waals surface area contributed by atoms with Crippen LogP contribution in [0.4, 0.5) is 0 Å². The number of methoxy groups -OCH3 is 1. The second-order valence-corrected chi connectivity index (χ2v) is 4.25. The monoisotopic (exact) mass is 215 g/mol. The first kappa shape index (κ1) is 14.9. The molecule has 0 rings (SSSR count). The highest BCUT2D eigenvalue weighted by Gasteiger charge is 2.03. The van der Waals surface area contributed by atoms with E-state index in [0.717, 1.165) is 12.6 Å². The summed E-state index contributed by atoms with van der Waals surface area (Å²) in [5, 5.41) is 3.64. The van der Waals surface area contributed by atoms with Gasteiger partial charge in [-0.25, -0.2) is 0 Å². The lowest BCUT2D eigenvalue weighted by Crippen LogP contribution is -2.29. The van der Waals surface area contributed by atoms with Crippen LogP contribution in [-0.4, -0.2) is 26.3 Å². The van der Waals surface area contributed by atoms with Crippen LogP contribution in [0.25, 0.3) is 0 Å². The molecule has 1 N–H and O–H groups in total. The van der Waals surface area contributed by atoms with E-state index in [1.165, 1.54) is 51.5 Å². The van der Waals surface area contributed by atoms with E-state index in [0.29, 0.717) is 0 Å². The summed E-state index contributed by atoms with van der Waals surface area (Å²) < 4.78 is 5.02. The first-order valence-corrected chi connectivity index (χ1v) is 6.57. The van der Waals surface area contributed by atoms with Crippen molar-refractivity contribution in [3.63, 3.8) is 0 Å². The molecule has 0 aromatic heterocycles. The molecule has 1 atom stereocenters. The van der Waals surface area contributed by atoms with Crippen molar-refractivity contribution in [1.29, 1.82) is 0 Å². The van der Waals surface area contributed by atoms with Crippen LogP contribution in [0.1, 0.15) is 58.8 Å². The standard InChI is InChI=1S/C13H29NO/c1-4-6-10-13(5-2)14-11-8-7-9-12-15-3/h13-14H,4-12H2,1-3H3. The number of rotatable bonds is 11. The summed E-state index contributed by atoms with van der Waals surface area (Å²) >= 11 is 0. The summed E-state index contributed by atoms with van der Waals surface area (Å²) in [6.07, 6.45) is 9.03. The molecule has 0 fully saturated rings. The lowest BCUT2D eigenvalue weighted by Gasteiger charge is -2.16. The van der Waals surface area contributed by atoms with Gasteiger partial charge in [-0.15, -0.1) is 0 Å². The summed E-state index contributed by atoms with van der Waals surface area (Å²) in [6.45, 7) is 6.62. The second kappa shape index (κ2) is 12.0. The molecular weight excluding hydrogens is 186 g/mol. The topological polar surface area (TPSA) is 21.3 Å². The van der Waals surface area contributed by atoms with Crippen LogP contribution in [0.3, 0.4) is 0 Å². The van der Waals surface area contributed by atoms with E-state index in [1.54, 1.807) is 7.11 Å². The quantitative estimate of drug-likeness (QED) is 0.534. The van der Waals surface area contributed by atoms with E-state index in [-0.39, 0.29) is 0 Å². The maximum Gasteiger partial charge on any atom is 0.0462 e. The van der Waals surface area contributed by atoms with Crippen LogP contribution in [-0.2, 0) is 4.74 Å². The maximum absolute atomic E-state index is 5.02. The highest BCUT2D eigenvalue weighted by Crippen LogP contribution is 2.04. The Morgan fingerprint density at radius 1 is 1.07 bits per heavy atom. The minimum atomic E-state index is 0.743. The third-order valence-corrected chi connectivity index (χ3v) is 2.86. The van der Waals surface area contributed by atoms with Crippen LogP contribution in [0.5, 0.6) is 0 Å². The molecule has 0 aliphatic carbocycles. The molecule has 0 amide bonds. The van der Waals surface area contributed by atoms with Gasteiger partial charge < -0.3 is 10.1 Å². The molecule has 0 radical (unpaired) electrons. The van der Waals surface area contributed by atoms with E-state index in [2.05, 4.69) is 19.2 Å². The van der Waals surface area contributed by atoms with Crippen molar-refractivity contribution >= 4 is 0 Å². The molecule has 0 heterocycles. The van der Waals surface area contributed by atoms with Gasteiger partial charge in [0.25, 0.3) is 0 Å². The van der Waals surface area contributed by atoms with Crippen LogP contribution in [0.15, 0.2) is 0 Å². The molecule has 0 bridgehead atoms. The largest absolute Gasteiger partial charge is 0.385 e. The Bertz CT molecular complexity index is 117. The van der Waals surface area contributed by atoms with Gasteiger partial charge in [0.2, 0.25) is 0 Å². The molecule has 0 aromatic carbocycles. The summed E-state index contributed by atoms with van der Waals surface area (Å²) in [5.74, 6) is 0. The Kier molecular flexibility index (Phi) is 11.9. The van der Waals surface area contributed by atoms with Gasteiger partial charge in [-0.2, -0.15) is 0 Å². The first-order valence-electron chi connectivity index (χ1n) is 6.57. The van der Waals surface area contributed by atoms with Crippen molar-refractivity contribution in [2.75, 3.05) is 20.3 Å². The molecule has 0 saturated carbocycles. The van der Waals surface area contributed by atoms with Crippen molar-refractivity contribution in [3.8, 4) is 0 Å². The van der Waals surface area contributed by atoms with Gasteiger partial charge >= 0.3 is 0 Å². The van der Waals surface area contributed by atoms with Crippen molar-refractivity contribution < 1.29 is 4.74 Å². The average molecular weight is 215 g/mol. The minimum absolute atomic E-state index is 0.743. The Morgan fingerprint density at radius 3 is 2.47 bits per heavy atom. The van der Waals surface area contributed by atoms with Gasteiger partial charge in [-0.05, 0) is 38.6 Å². The second-order valence-electron chi connectivity index (χ2n) is 4.25. The zero-order valence-corrected chi connectivity index (χ0v) is 10.8. The van der Waals surface area contributed by atoms with Crippen LogP contribution in [0.2, 0.25) is 0 Å². The predicted octanol–water partition coefficient (Wildman–Crippen LogP) is 3.36. The number of ether oxygens (including phenoxy) is 1. The number of nitrogens with one attached hydrogen (secondary N) is 1. The molecule has 0 aliphatic rings. The summed E-state index contributed by atoms with van der Waals surface area (Å²) in [6, 6.07) is 0.743. The maximum atomic E-state index is 5.02. The smallest absolute Gasteiger partial charge is 0.0462 e. The third kappa shape index (κ3) is 10.2. The van der Waals surface area contributed by atoms with Gasteiger partial charge in [0, 0.05) is 19.8 Å². The van der Waals surface area contributed by atoms with E-state index in [4.69, 9.17) is 4.74 Å². The average Bonchev–Trinajstić information content (AvgIpc) is 2.27. The van der Waals surface area contributed by atoms with Crippen LogP contribution >= 0.6 is 0 Å². The van der Waals surface area contributed by atoms with Crippen molar-refractivity contribution in [3.05, 3.63) is 0 Å². The molecule has 1 unspecified atom stereocenters. The Labute approximate surface area is 95.8 Å². The zero-order chi connectivity index (χ0) is 11.4. The molecule has 15 heavy (non-hydrogen) atoms. The number of unbranched alkanes of at least 4 members (excludes halogenated alkanes) is 3. The molecule has 0 saturated heterocycles. The zero-order valence-electron chi connectivity index (χ0n) is 10.8. The Balaban J connectivity index is 3.22. The molecule has 2 nitrogen and oxygen atoms in total. The van der Waals surface area contributed by atoms with Gasteiger partial charge in [0.05, 0.1) is 0 Å². The van der Waals surface area contributed by atoms with Gasteiger partial charge in [-0.1, -0.05) is 26.7 Å². The SMILES string of the molecule is CCCCC(CC)NCCCCCOC.